The summed E-state index contributed by atoms with van der Waals surface area (Å²) in [5, 5.41) is 6.10. The first-order valence-corrected chi connectivity index (χ1v) is 13.8. The van der Waals surface area contributed by atoms with Crippen LogP contribution in [0.4, 0.5) is 9.59 Å². The van der Waals surface area contributed by atoms with E-state index in [1.165, 1.54) is 11.3 Å². The summed E-state index contributed by atoms with van der Waals surface area (Å²) in [7, 11) is 0. The van der Waals surface area contributed by atoms with Gasteiger partial charge < -0.3 is 20.1 Å². The SMILES string of the molecule is CCC(CC)OC(=O)NC(CCC(Cc1ccccc1)NC(=O)OCc1cncs1)Cc1ccccc1. The predicted octanol–water partition coefficient (Wildman–Crippen LogP) is 6.29. The number of carbonyl (C=O) groups is 2. The number of hydrogen-bond acceptors (Lipinski definition) is 6. The highest BCUT2D eigenvalue weighted by Gasteiger charge is 2.21. The third-order valence-corrected chi connectivity index (χ3v) is 6.92. The van der Waals surface area contributed by atoms with Gasteiger partial charge in [0.2, 0.25) is 0 Å². The average Bonchev–Trinajstić information content (AvgIpc) is 3.44. The molecule has 1 aromatic heterocycles. The summed E-state index contributed by atoms with van der Waals surface area (Å²) in [6.45, 7) is 4.21. The summed E-state index contributed by atoms with van der Waals surface area (Å²) in [5.41, 5.74) is 3.96. The van der Waals surface area contributed by atoms with Gasteiger partial charge in [-0.25, -0.2) is 9.59 Å². The number of hydrogen-bond donors (Lipinski definition) is 2. The summed E-state index contributed by atoms with van der Waals surface area (Å²) < 4.78 is 11.0. The van der Waals surface area contributed by atoms with Crippen molar-refractivity contribution in [3.8, 4) is 0 Å². The second-order valence-electron chi connectivity index (χ2n) is 9.03. The molecule has 2 N–H and O–H groups in total. The van der Waals surface area contributed by atoms with E-state index < -0.39 is 12.2 Å². The van der Waals surface area contributed by atoms with Crippen molar-refractivity contribution in [1.82, 2.24) is 15.6 Å². The van der Waals surface area contributed by atoms with Crippen molar-refractivity contribution in [1.29, 1.82) is 0 Å². The van der Waals surface area contributed by atoms with Crippen LogP contribution < -0.4 is 10.6 Å². The average molecular weight is 524 g/mol. The Hall–Kier alpha value is -3.39. The molecule has 0 bridgehead atoms. The van der Waals surface area contributed by atoms with Gasteiger partial charge in [0, 0.05) is 18.3 Å². The molecule has 0 aliphatic heterocycles. The van der Waals surface area contributed by atoms with Crippen molar-refractivity contribution in [2.24, 2.45) is 0 Å². The van der Waals surface area contributed by atoms with Crippen molar-refractivity contribution in [3.63, 3.8) is 0 Å². The summed E-state index contributed by atoms with van der Waals surface area (Å²) in [4.78, 5) is 30.2. The molecule has 0 saturated carbocycles. The summed E-state index contributed by atoms with van der Waals surface area (Å²) in [6, 6.07) is 19.8. The fourth-order valence-electron chi connectivity index (χ4n) is 4.12. The monoisotopic (exact) mass is 523 g/mol. The molecule has 2 unspecified atom stereocenters. The predicted molar refractivity (Wildman–Crippen MR) is 147 cm³/mol. The second kappa shape index (κ2) is 15.7. The van der Waals surface area contributed by atoms with Gasteiger partial charge in [0.05, 0.1) is 10.4 Å². The Bertz CT molecular complexity index is 1040. The molecule has 0 aliphatic carbocycles. The van der Waals surface area contributed by atoms with Gasteiger partial charge in [0.15, 0.2) is 0 Å². The zero-order valence-electron chi connectivity index (χ0n) is 21.6. The largest absolute Gasteiger partial charge is 0.446 e. The number of alkyl carbamates (subject to hydrolysis) is 2. The number of benzene rings is 2. The molecule has 2 atom stereocenters. The fourth-order valence-corrected chi connectivity index (χ4v) is 4.62. The molecule has 198 valence electrons. The van der Waals surface area contributed by atoms with Gasteiger partial charge in [-0.2, -0.15) is 0 Å². The lowest BCUT2D eigenvalue weighted by atomic mass is 9.96. The van der Waals surface area contributed by atoms with Gasteiger partial charge in [-0.05, 0) is 49.7 Å². The first-order chi connectivity index (χ1) is 18.1. The molecule has 3 rings (SSSR count). The Balaban J connectivity index is 1.65. The van der Waals surface area contributed by atoms with E-state index in [1.54, 1.807) is 11.7 Å². The van der Waals surface area contributed by atoms with Crippen LogP contribution in [-0.4, -0.2) is 35.4 Å². The Kier molecular flexibility index (Phi) is 11.9. The number of amides is 2. The van der Waals surface area contributed by atoms with Gasteiger partial charge in [0.1, 0.15) is 12.7 Å². The zero-order valence-corrected chi connectivity index (χ0v) is 22.4. The van der Waals surface area contributed by atoms with Gasteiger partial charge in [-0.15, -0.1) is 11.3 Å². The minimum atomic E-state index is -0.463. The number of rotatable bonds is 14. The maximum absolute atomic E-state index is 12.7. The van der Waals surface area contributed by atoms with Crippen LogP contribution in [0.2, 0.25) is 0 Å². The number of carbonyl (C=O) groups excluding carboxylic acids is 2. The zero-order chi connectivity index (χ0) is 26.3. The molecule has 0 radical (unpaired) electrons. The van der Waals surface area contributed by atoms with E-state index in [4.69, 9.17) is 9.47 Å². The molecule has 0 spiro atoms. The van der Waals surface area contributed by atoms with Gasteiger partial charge in [-0.1, -0.05) is 74.5 Å². The molecule has 0 aliphatic rings. The molecule has 2 amide bonds. The number of aromatic nitrogens is 1. The summed E-state index contributed by atoms with van der Waals surface area (Å²) in [5.74, 6) is 0. The lowest BCUT2D eigenvalue weighted by Crippen LogP contribution is -2.41. The first-order valence-electron chi connectivity index (χ1n) is 12.9. The summed E-state index contributed by atoms with van der Waals surface area (Å²) in [6.07, 6.45) is 4.95. The molecule has 2 aromatic carbocycles. The molecular weight excluding hydrogens is 486 g/mol. The van der Waals surface area contributed by atoms with Crippen LogP contribution in [0.25, 0.3) is 0 Å². The smallest absolute Gasteiger partial charge is 0.407 e. The number of nitrogens with one attached hydrogen (secondary N) is 2. The minimum absolute atomic E-state index is 0.0989. The Morgan fingerprint density at radius 1 is 0.838 bits per heavy atom. The Morgan fingerprint density at radius 3 is 1.86 bits per heavy atom. The third kappa shape index (κ3) is 10.6. The maximum Gasteiger partial charge on any atom is 0.407 e. The number of ether oxygens (including phenoxy) is 2. The molecule has 0 fully saturated rings. The molecule has 8 heteroatoms. The van der Waals surface area contributed by atoms with Crippen molar-refractivity contribution in [3.05, 3.63) is 88.4 Å². The van der Waals surface area contributed by atoms with E-state index in [2.05, 4.69) is 27.8 Å². The number of nitrogens with zero attached hydrogens (tertiary/aromatic N) is 1. The number of thiazole rings is 1. The maximum atomic E-state index is 12.7. The van der Waals surface area contributed by atoms with Crippen LogP contribution in [0.1, 0.15) is 55.5 Å². The second-order valence-corrected chi connectivity index (χ2v) is 10.00. The van der Waals surface area contributed by atoms with E-state index in [9.17, 15) is 9.59 Å². The minimum Gasteiger partial charge on any atom is -0.446 e. The molecule has 1 heterocycles. The van der Waals surface area contributed by atoms with Gasteiger partial charge >= 0.3 is 12.2 Å². The van der Waals surface area contributed by atoms with Crippen LogP contribution >= 0.6 is 11.3 Å². The lowest BCUT2D eigenvalue weighted by molar-refractivity contribution is 0.0893. The first kappa shape index (κ1) is 28.2. The normalized spacial score (nSPS) is 12.5. The van der Waals surface area contributed by atoms with Crippen molar-refractivity contribution in [2.75, 3.05) is 0 Å². The highest BCUT2D eigenvalue weighted by atomic mass is 32.1. The lowest BCUT2D eigenvalue weighted by Gasteiger charge is -2.24. The van der Waals surface area contributed by atoms with Crippen molar-refractivity contribution >= 4 is 23.5 Å². The van der Waals surface area contributed by atoms with Crippen LogP contribution in [0.5, 0.6) is 0 Å². The highest BCUT2D eigenvalue weighted by Crippen LogP contribution is 2.15. The van der Waals surface area contributed by atoms with Gasteiger partial charge in [0.25, 0.3) is 0 Å². The molecular formula is C29H37N3O4S. The quantitative estimate of drug-likeness (QED) is 0.259. The molecule has 37 heavy (non-hydrogen) atoms. The molecule has 0 saturated heterocycles. The standard InChI is InChI=1S/C29H37N3O4S/c1-3-26(4-2)36-29(34)32-25(18-23-13-9-6-10-14-23)16-15-24(17-22-11-7-5-8-12-22)31-28(33)35-20-27-19-30-21-37-27/h5-14,19,21,24-26H,3-4,15-18,20H2,1-2H3,(H,31,33)(H,32,34). The van der Waals surface area contributed by atoms with Gasteiger partial charge in [-0.3, -0.25) is 4.98 Å². The Labute approximate surface area is 223 Å². The molecule has 7 nitrogen and oxygen atoms in total. The van der Waals surface area contributed by atoms with Crippen LogP contribution in [0.15, 0.2) is 72.4 Å². The molecule has 3 aromatic rings. The summed E-state index contributed by atoms with van der Waals surface area (Å²) >= 11 is 1.45. The topological polar surface area (TPSA) is 89.6 Å². The highest BCUT2D eigenvalue weighted by molar-refractivity contribution is 7.09. The van der Waals surface area contributed by atoms with E-state index >= 15 is 0 Å². The van der Waals surface area contributed by atoms with Crippen LogP contribution in [0.3, 0.4) is 0 Å². The van der Waals surface area contributed by atoms with Crippen molar-refractivity contribution in [2.45, 2.75) is 77.2 Å². The van der Waals surface area contributed by atoms with E-state index in [0.29, 0.717) is 25.7 Å². The third-order valence-electron chi connectivity index (χ3n) is 6.17. The van der Waals surface area contributed by atoms with E-state index in [0.717, 1.165) is 28.8 Å². The Morgan fingerprint density at radius 2 is 1.38 bits per heavy atom. The van der Waals surface area contributed by atoms with Crippen molar-refractivity contribution < 1.29 is 19.1 Å². The fraction of sp³-hybridized carbons (Fsp3) is 0.414. The van der Waals surface area contributed by atoms with E-state index in [1.807, 2.05) is 62.4 Å². The van der Waals surface area contributed by atoms with Crippen LogP contribution in [0, 0.1) is 0 Å². The van der Waals surface area contributed by atoms with E-state index in [-0.39, 0.29) is 24.8 Å². The van der Waals surface area contributed by atoms with Crippen LogP contribution in [-0.2, 0) is 28.9 Å².